The fraction of sp³-hybridized carbons (Fsp3) is 0.600. The summed E-state index contributed by atoms with van der Waals surface area (Å²) < 4.78 is 7.70. The molecule has 4 aliphatic carbocycles. The lowest BCUT2D eigenvalue weighted by molar-refractivity contribution is -0.134. The lowest BCUT2D eigenvalue weighted by Crippen LogP contribution is -2.62. The summed E-state index contributed by atoms with van der Waals surface area (Å²) in [6.45, 7) is 4.12. The minimum Gasteiger partial charge on any atom is -0.497 e. The van der Waals surface area contributed by atoms with Gasteiger partial charge in [-0.3, -0.25) is 4.79 Å². The van der Waals surface area contributed by atoms with Gasteiger partial charge in [-0.1, -0.05) is 19.1 Å². The Morgan fingerprint density at radius 2 is 1.78 bits per heavy atom. The Kier molecular flexibility index (Phi) is 6.41. The van der Waals surface area contributed by atoms with Gasteiger partial charge in [0.05, 0.1) is 13.2 Å². The summed E-state index contributed by atoms with van der Waals surface area (Å²) in [5.41, 5.74) is 2.05. The van der Waals surface area contributed by atoms with Crippen LogP contribution in [0.4, 0.5) is 4.79 Å². The zero-order chi connectivity index (χ0) is 25.6. The van der Waals surface area contributed by atoms with Crippen molar-refractivity contribution in [2.24, 2.45) is 17.8 Å². The van der Waals surface area contributed by atoms with Crippen molar-refractivity contribution in [2.75, 3.05) is 26.7 Å². The van der Waals surface area contributed by atoms with Crippen molar-refractivity contribution in [1.29, 1.82) is 0 Å². The Morgan fingerprint density at radius 1 is 1.05 bits per heavy atom. The fourth-order valence-corrected chi connectivity index (χ4v) is 8.16. The van der Waals surface area contributed by atoms with E-state index in [2.05, 4.69) is 35.1 Å². The molecule has 7 heteroatoms. The first-order chi connectivity index (χ1) is 18.0. The van der Waals surface area contributed by atoms with Crippen molar-refractivity contribution < 1.29 is 14.3 Å². The van der Waals surface area contributed by atoms with Gasteiger partial charge in [0.25, 0.3) is 0 Å². The summed E-state index contributed by atoms with van der Waals surface area (Å²) >= 11 is 0. The first-order valence-electron chi connectivity index (χ1n) is 14.1. The smallest absolute Gasteiger partial charge is 0.318 e. The molecule has 1 N–H and O–H groups in total. The van der Waals surface area contributed by atoms with Gasteiger partial charge in [-0.2, -0.15) is 0 Å². The van der Waals surface area contributed by atoms with E-state index in [-0.39, 0.29) is 30.1 Å². The molecule has 1 aliphatic heterocycles. The Balaban J connectivity index is 1.21. The molecule has 1 aromatic heterocycles. The van der Waals surface area contributed by atoms with Crippen LogP contribution in [0.15, 0.2) is 42.6 Å². The summed E-state index contributed by atoms with van der Waals surface area (Å²) in [7, 11) is 1.66. The maximum Gasteiger partial charge on any atom is 0.318 e. The molecular formula is C30H40N4O3. The molecule has 198 valence electrons. The molecule has 3 amide bonds. The Labute approximate surface area is 220 Å². The lowest BCUT2D eigenvalue weighted by atomic mass is 9.53. The molecular weight excluding hydrogens is 464 g/mol. The van der Waals surface area contributed by atoms with Crippen molar-refractivity contribution in [1.82, 2.24) is 19.7 Å². The first kappa shape index (κ1) is 24.4. The summed E-state index contributed by atoms with van der Waals surface area (Å²) in [5.74, 6) is 3.06. The summed E-state index contributed by atoms with van der Waals surface area (Å²) in [6.07, 6.45) is 10.3. The van der Waals surface area contributed by atoms with Gasteiger partial charge >= 0.3 is 6.03 Å². The highest BCUT2D eigenvalue weighted by Gasteiger charge is 2.52. The second-order valence-electron chi connectivity index (χ2n) is 11.9. The van der Waals surface area contributed by atoms with Gasteiger partial charge in [0.1, 0.15) is 12.3 Å². The number of aromatic nitrogens is 1. The van der Waals surface area contributed by atoms with Gasteiger partial charge in [0, 0.05) is 37.1 Å². The third kappa shape index (κ3) is 4.62. The number of fused-ring (bicyclic) bond motifs is 1. The molecule has 1 unspecified atom stereocenters. The number of amides is 3. The first-order valence-corrected chi connectivity index (χ1v) is 14.1. The minimum atomic E-state index is -0.207. The highest BCUT2D eigenvalue weighted by atomic mass is 16.5. The van der Waals surface area contributed by atoms with Gasteiger partial charge in [-0.05, 0) is 92.5 Å². The standard InChI is InChI=1S/C30H40N4O3/c1-3-9-33(29(36)31-30-17-21-13-22(18-30)15-23(14-21)19-30)20-27(35)34-12-11-32-10-5-8-26(32)28(34)24-6-4-7-25(16-24)37-2/h4-8,10,16,21-23,28H,3,9,11-15,17-20H2,1-2H3,(H,31,36). The van der Waals surface area contributed by atoms with E-state index in [1.165, 1.54) is 19.3 Å². The minimum absolute atomic E-state index is 0.00520. The number of carbonyl (C=O) groups excluding carboxylic acids is 2. The van der Waals surface area contributed by atoms with E-state index >= 15 is 0 Å². The third-order valence-electron chi connectivity index (χ3n) is 9.29. The van der Waals surface area contributed by atoms with Crippen LogP contribution in [-0.4, -0.2) is 58.6 Å². The van der Waals surface area contributed by atoms with Gasteiger partial charge in [0.2, 0.25) is 5.91 Å². The SMILES string of the molecule is CCCN(CC(=O)N1CCn2cccc2C1c1cccc(OC)c1)C(=O)NC12CC3CC(CC(C3)C1)C2. The summed E-state index contributed by atoms with van der Waals surface area (Å²) in [6, 6.07) is 11.8. The van der Waals surface area contributed by atoms with Crippen LogP contribution in [0.1, 0.15) is 69.2 Å². The van der Waals surface area contributed by atoms with Gasteiger partial charge in [0.15, 0.2) is 0 Å². The molecule has 1 aromatic carbocycles. The molecule has 2 heterocycles. The van der Waals surface area contributed by atoms with Gasteiger partial charge in [-0.15, -0.1) is 0 Å². The maximum atomic E-state index is 13.9. The monoisotopic (exact) mass is 504 g/mol. The number of carbonyl (C=O) groups is 2. The van der Waals surface area contributed by atoms with Crippen LogP contribution >= 0.6 is 0 Å². The fourth-order valence-electron chi connectivity index (χ4n) is 8.16. The normalized spacial score (nSPS) is 29.6. The van der Waals surface area contributed by atoms with Crippen LogP contribution in [-0.2, 0) is 11.3 Å². The molecule has 7 nitrogen and oxygen atoms in total. The quantitative estimate of drug-likeness (QED) is 0.588. The number of methoxy groups -OCH3 is 1. The highest BCUT2D eigenvalue weighted by molar-refractivity contribution is 5.85. The molecule has 4 saturated carbocycles. The second-order valence-corrected chi connectivity index (χ2v) is 11.9. The van der Waals surface area contributed by atoms with Crippen LogP contribution < -0.4 is 10.1 Å². The van der Waals surface area contributed by atoms with Crippen LogP contribution in [0.3, 0.4) is 0 Å². The van der Waals surface area contributed by atoms with Gasteiger partial charge in [-0.25, -0.2) is 4.79 Å². The molecule has 2 aromatic rings. The summed E-state index contributed by atoms with van der Waals surface area (Å²) in [5, 5.41) is 3.48. The van der Waals surface area contributed by atoms with Crippen molar-refractivity contribution >= 4 is 11.9 Å². The maximum absolute atomic E-state index is 13.9. The largest absolute Gasteiger partial charge is 0.497 e. The molecule has 7 rings (SSSR count). The zero-order valence-corrected chi connectivity index (χ0v) is 22.2. The Morgan fingerprint density at radius 3 is 2.46 bits per heavy atom. The van der Waals surface area contributed by atoms with Crippen LogP contribution in [0.2, 0.25) is 0 Å². The molecule has 0 spiro atoms. The molecule has 5 aliphatic rings. The average Bonchev–Trinajstić information content (AvgIpc) is 3.35. The number of benzene rings is 1. The molecule has 37 heavy (non-hydrogen) atoms. The molecule has 4 bridgehead atoms. The second kappa shape index (κ2) is 9.73. The van der Waals surface area contributed by atoms with Crippen LogP contribution in [0, 0.1) is 17.8 Å². The number of hydrogen-bond donors (Lipinski definition) is 1. The van der Waals surface area contributed by atoms with E-state index in [1.54, 1.807) is 12.0 Å². The molecule has 0 saturated heterocycles. The van der Waals surface area contributed by atoms with Crippen molar-refractivity contribution in [3.05, 3.63) is 53.9 Å². The van der Waals surface area contributed by atoms with Crippen molar-refractivity contribution in [3.8, 4) is 5.75 Å². The third-order valence-corrected chi connectivity index (χ3v) is 9.29. The molecule has 0 radical (unpaired) electrons. The van der Waals surface area contributed by atoms with Crippen molar-refractivity contribution in [3.63, 3.8) is 0 Å². The van der Waals surface area contributed by atoms with Gasteiger partial charge < -0.3 is 24.4 Å². The Bertz CT molecular complexity index is 1120. The number of nitrogens with zero attached hydrogens (tertiary/aromatic N) is 3. The number of ether oxygens (including phenoxy) is 1. The number of nitrogens with one attached hydrogen (secondary N) is 1. The van der Waals surface area contributed by atoms with E-state index in [0.29, 0.717) is 13.1 Å². The van der Waals surface area contributed by atoms with E-state index in [0.717, 1.165) is 67.0 Å². The Hall–Kier alpha value is -2.96. The van der Waals surface area contributed by atoms with Crippen LogP contribution in [0.25, 0.3) is 0 Å². The highest BCUT2D eigenvalue weighted by Crippen LogP contribution is 2.55. The predicted molar refractivity (Wildman–Crippen MR) is 142 cm³/mol. The number of urea groups is 1. The van der Waals surface area contributed by atoms with E-state index in [1.807, 2.05) is 29.2 Å². The van der Waals surface area contributed by atoms with E-state index in [4.69, 9.17) is 4.74 Å². The molecule has 4 fully saturated rings. The van der Waals surface area contributed by atoms with E-state index in [9.17, 15) is 9.59 Å². The lowest BCUT2D eigenvalue weighted by Gasteiger charge is -2.57. The van der Waals surface area contributed by atoms with E-state index < -0.39 is 0 Å². The van der Waals surface area contributed by atoms with Crippen LogP contribution in [0.5, 0.6) is 5.75 Å². The number of hydrogen-bond acceptors (Lipinski definition) is 3. The number of rotatable bonds is 7. The average molecular weight is 505 g/mol. The zero-order valence-electron chi connectivity index (χ0n) is 22.2. The predicted octanol–water partition coefficient (Wildman–Crippen LogP) is 4.82. The summed E-state index contributed by atoms with van der Waals surface area (Å²) in [4.78, 5) is 31.2. The molecule has 1 atom stereocenters. The van der Waals surface area contributed by atoms with Crippen molar-refractivity contribution in [2.45, 2.75) is 70.0 Å². The topological polar surface area (TPSA) is 66.8 Å².